The number of piperidine rings is 1. The lowest BCUT2D eigenvalue weighted by Crippen LogP contribution is -2.43. The maximum Gasteiger partial charge on any atom is 0.0550 e. The van der Waals surface area contributed by atoms with Crippen molar-refractivity contribution in [3.63, 3.8) is 0 Å². The third kappa shape index (κ3) is 3.98. The van der Waals surface area contributed by atoms with E-state index in [0.717, 1.165) is 13.1 Å². The summed E-state index contributed by atoms with van der Waals surface area (Å²) >= 11 is 0. The van der Waals surface area contributed by atoms with E-state index in [1.165, 1.54) is 42.8 Å². The minimum atomic E-state index is 0.633. The van der Waals surface area contributed by atoms with Crippen LogP contribution in [-0.2, 0) is 20.1 Å². The van der Waals surface area contributed by atoms with E-state index in [2.05, 4.69) is 46.0 Å². The standard InChI is InChI=1S/C18H27N5/c1-15-12-20-22(3)18(15)14-23(13-16-4-8-19-9-5-16)17-6-10-21(2)11-7-17/h4-5,8-9,12,17H,6-7,10-11,13-14H2,1-3H3. The summed E-state index contributed by atoms with van der Waals surface area (Å²) in [5.41, 5.74) is 3.93. The SMILES string of the molecule is Cc1cnn(C)c1CN(Cc1ccncc1)C1CCN(C)CC1. The van der Waals surface area contributed by atoms with Crippen molar-refractivity contribution in [1.82, 2.24) is 24.6 Å². The van der Waals surface area contributed by atoms with Crippen LogP contribution in [0.4, 0.5) is 0 Å². The average molecular weight is 313 g/mol. The Morgan fingerprint density at radius 1 is 1.13 bits per heavy atom. The van der Waals surface area contributed by atoms with Crippen molar-refractivity contribution in [3.8, 4) is 0 Å². The molecule has 0 amide bonds. The number of nitrogens with zero attached hydrogens (tertiary/aromatic N) is 5. The summed E-state index contributed by atoms with van der Waals surface area (Å²) in [5, 5.41) is 4.41. The molecule has 0 bridgehead atoms. The molecule has 0 saturated carbocycles. The molecular weight excluding hydrogens is 286 g/mol. The first-order valence-electron chi connectivity index (χ1n) is 8.42. The Morgan fingerprint density at radius 3 is 2.43 bits per heavy atom. The Labute approximate surface area is 138 Å². The quantitative estimate of drug-likeness (QED) is 0.848. The molecule has 2 aromatic heterocycles. The summed E-state index contributed by atoms with van der Waals surface area (Å²) in [6.07, 6.45) is 8.21. The lowest BCUT2D eigenvalue weighted by molar-refractivity contribution is 0.105. The smallest absolute Gasteiger partial charge is 0.0550 e. The van der Waals surface area contributed by atoms with Crippen molar-refractivity contribution in [3.05, 3.63) is 47.5 Å². The van der Waals surface area contributed by atoms with Gasteiger partial charge < -0.3 is 4.90 Å². The van der Waals surface area contributed by atoms with Gasteiger partial charge in [0.25, 0.3) is 0 Å². The van der Waals surface area contributed by atoms with Gasteiger partial charge in [0.2, 0.25) is 0 Å². The highest BCUT2D eigenvalue weighted by atomic mass is 15.3. The lowest BCUT2D eigenvalue weighted by atomic mass is 10.0. The largest absolute Gasteiger partial charge is 0.306 e. The zero-order valence-electron chi connectivity index (χ0n) is 14.4. The van der Waals surface area contributed by atoms with Crippen LogP contribution >= 0.6 is 0 Å². The third-order valence-electron chi connectivity index (χ3n) is 4.96. The van der Waals surface area contributed by atoms with Crippen LogP contribution in [0.15, 0.2) is 30.7 Å². The van der Waals surface area contributed by atoms with Crippen LogP contribution in [0.25, 0.3) is 0 Å². The summed E-state index contributed by atoms with van der Waals surface area (Å²) in [4.78, 5) is 9.18. The van der Waals surface area contributed by atoms with E-state index < -0.39 is 0 Å². The molecule has 0 atom stereocenters. The van der Waals surface area contributed by atoms with Crippen molar-refractivity contribution < 1.29 is 0 Å². The monoisotopic (exact) mass is 313 g/mol. The second-order valence-corrected chi connectivity index (χ2v) is 6.69. The number of hydrogen-bond donors (Lipinski definition) is 0. The Kier molecular flexibility index (Phi) is 5.08. The first-order valence-corrected chi connectivity index (χ1v) is 8.42. The fourth-order valence-corrected chi connectivity index (χ4v) is 3.39. The van der Waals surface area contributed by atoms with Crippen LogP contribution in [0, 0.1) is 6.92 Å². The predicted octanol–water partition coefficient (Wildman–Crippen LogP) is 2.22. The maximum absolute atomic E-state index is 4.41. The van der Waals surface area contributed by atoms with Gasteiger partial charge in [0.05, 0.1) is 11.9 Å². The van der Waals surface area contributed by atoms with Crippen LogP contribution in [0.1, 0.15) is 29.7 Å². The topological polar surface area (TPSA) is 37.2 Å². The number of rotatable bonds is 5. The Balaban J connectivity index is 1.78. The highest BCUT2D eigenvalue weighted by Crippen LogP contribution is 2.21. The summed E-state index contributed by atoms with van der Waals surface area (Å²) < 4.78 is 2.02. The van der Waals surface area contributed by atoms with Gasteiger partial charge in [-0.25, -0.2) is 0 Å². The zero-order valence-corrected chi connectivity index (χ0v) is 14.4. The van der Waals surface area contributed by atoms with Gasteiger partial charge in [-0.2, -0.15) is 5.10 Å². The average Bonchev–Trinajstić information content (AvgIpc) is 2.88. The molecule has 3 rings (SSSR count). The fourth-order valence-electron chi connectivity index (χ4n) is 3.39. The molecule has 0 N–H and O–H groups in total. The zero-order chi connectivity index (χ0) is 16.2. The minimum Gasteiger partial charge on any atom is -0.306 e. The van der Waals surface area contributed by atoms with Gasteiger partial charge >= 0.3 is 0 Å². The molecule has 0 radical (unpaired) electrons. The van der Waals surface area contributed by atoms with E-state index in [4.69, 9.17) is 0 Å². The second-order valence-electron chi connectivity index (χ2n) is 6.69. The molecule has 1 fully saturated rings. The van der Waals surface area contributed by atoms with E-state index in [0.29, 0.717) is 6.04 Å². The summed E-state index contributed by atoms with van der Waals surface area (Å²) in [6.45, 7) is 6.45. The van der Waals surface area contributed by atoms with Crippen LogP contribution < -0.4 is 0 Å². The van der Waals surface area contributed by atoms with E-state index in [1.54, 1.807) is 0 Å². The highest BCUT2D eigenvalue weighted by molar-refractivity contribution is 5.16. The van der Waals surface area contributed by atoms with Crippen LogP contribution in [-0.4, -0.2) is 50.7 Å². The Hall–Kier alpha value is -1.72. The molecule has 1 saturated heterocycles. The molecule has 0 unspecified atom stereocenters. The van der Waals surface area contributed by atoms with Crippen LogP contribution in [0.5, 0.6) is 0 Å². The van der Waals surface area contributed by atoms with Crippen molar-refractivity contribution in [2.45, 2.75) is 38.9 Å². The number of hydrogen-bond acceptors (Lipinski definition) is 4. The van der Waals surface area contributed by atoms with Gasteiger partial charge in [0.15, 0.2) is 0 Å². The van der Waals surface area contributed by atoms with Gasteiger partial charge in [-0.05, 0) is 63.2 Å². The van der Waals surface area contributed by atoms with Gasteiger partial charge in [-0.15, -0.1) is 0 Å². The lowest BCUT2D eigenvalue weighted by Gasteiger charge is -2.37. The molecule has 0 aliphatic carbocycles. The molecule has 0 aromatic carbocycles. The van der Waals surface area contributed by atoms with Crippen molar-refractivity contribution in [1.29, 1.82) is 0 Å². The first-order chi connectivity index (χ1) is 11.1. The van der Waals surface area contributed by atoms with Gasteiger partial charge in [-0.3, -0.25) is 14.6 Å². The van der Waals surface area contributed by atoms with E-state index in [1.807, 2.05) is 30.3 Å². The van der Waals surface area contributed by atoms with Crippen molar-refractivity contribution >= 4 is 0 Å². The molecule has 0 spiro atoms. The first kappa shape index (κ1) is 16.1. The van der Waals surface area contributed by atoms with Crippen molar-refractivity contribution in [2.75, 3.05) is 20.1 Å². The molecule has 23 heavy (non-hydrogen) atoms. The van der Waals surface area contributed by atoms with Crippen LogP contribution in [0.2, 0.25) is 0 Å². The third-order valence-corrected chi connectivity index (χ3v) is 4.96. The second kappa shape index (κ2) is 7.23. The predicted molar refractivity (Wildman–Crippen MR) is 91.9 cm³/mol. The van der Waals surface area contributed by atoms with Gasteiger partial charge in [0, 0.05) is 38.6 Å². The Morgan fingerprint density at radius 2 is 1.83 bits per heavy atom. The Bertz CT molecular complexity index is 594. The maximum atomic E-state index is 4.41. The number of aryl methyl sites for hydroxylation is 2. The van der Waals surface area contributed by atoms with Gasteiger partial charge in [0.1, 0.15) is 0 Å². The molecule has 1 aliphatic heterocycles. The fraction of sp³-hybridized carbons (Fsp3) is 0.556. The molecule has 124 valence electrons. The van der Waals surface area contributed by atoms with E-state index in [-0.39, 0.29) is 0 Å². The van der Waals surface area contributed by atoms with Crippen molar-refractivity contribution in [2.24, 2.45) is 7.05 Å². The molecule has 3 heterocycles. The minimum absolute atomic E-state index is 0.633. The normalized spacial score (nSPS) is 17.0. The molecular formula is C18H27N5. The summed E-state index contributed by atoms with van der Waals surface area (Å²) in [6, 6.07) is 4.88. The van der Waals surface area contributed by atoms with E-state index >= 15 is 0 Å². The van der Waals surface area contributed by atoms with E-state index in [9.17, 15) is 0 Å². The molecule has 5 nitrogen and oxygen atoms in total. The summed E-state index contributed by atoms with van der Waals surface area (Å²) in [7, 11) is 4.26. The van der Waals surface area contributed by atoms with Gasteiger partial charge in [-0.1, -0.05) is 0 Å². The van der Waals surface area contributed by atoms with Crippen LogP contribution in [0.3, 0.4) is 0 Å². The summed E-state index contributed by atoms with van der Waals surface area (Å²) in [5.74, 6) is 0. The molecule has 2 aromatic rings. The number of likely N-dealkylation sites (tertiary alicyclic amines) is 1. The number of pyridine rings is 1. The number of aromatic nitrogens is 3. The molecule has 1 aliphatic rings. The highest BCUT2D eigenvalue weighted by Gasteiger charge is 2.24. The molecule has 5 heteroatoms.